The fourth-order valence-electron chi connectivity index (χ4n) is 3.02. The lowest BCUT2D eigenvalue weighted by atomic mass is 10.1. The van der Waals surface area contributed by atoms with E-state index in [9.17, 15) is 9.59 Å². The summed E-state index contributed by atoms with van der Waals surface area (Å²) in [6, 6.07) is 15.3. The molecule has 2 aromatic rings. The van der Waals surface area contributed by atoms with E-state index in [0.29, 0.717) is 18.1 Å². The summed E-state index contributed by atoms with van der Waals surface area (Å²) in [6.07, 6.45) is 0.267. The maximum absolute atomic E-state index is 12.4. The lowest BCUT2D eigenvalue weighted by molar-refractivity contribution is -0.133. The molecule has 0 aromatic heterocycles. The van der Waals surface area contributed by atoms with Crippen LogP contribution in [-0.4, -0.2) is 49.4 Å². The molecule has 1 N–H and O–H groups in total. The zero-order chi connectivity index (χ0) is 19.2. The lowest BCUT2D eigenvalue weighted by Gasteiger charge is -2.36. The number of rotatable bonds is 5. The Morgan fingerprint density at radius 1 is 1.04 bits per heavy atom. The van der Waals surface area contributed by atoms with Crippen molar-refractivity contribution in [1.82, 2.24) is 10.2 Å². The van der Waals surface area contributed by atoms with E-state index in [1.54, 1.807) is 4.90 Å². The number of nitrogens with one attached hydrogen (secondary N) is 1. The van der Waals surface area contributed by atoms with Crippen molar-refractivity contribution in [2.75, 3.05) is 37.6 Å². The number of anilines is 1. The average Bonchev–Trinajstić information content (AvgIpc) is 2.68. The van der Waals surface area contributed by atoms with E-state index in [1.807, 2.05) is 48.5 Å². The number of piperazine rings is 1. The molecule has 0 saturated carbocycles. The Labute approximate surface area is 172 Å². The number of hydrogen-bond acceptors (Lipinski definition) is 3. The van der Waals surface area contributed by atoms with Gasteiger partial charge in [-0.15, -0.1) is 0 Å². The highest BCUT2D eigenvalue weighted by Crippen LogP contribution is 2.20. The molecule has 0 atom stereocenters. The van der Waals surface area contributed by atoms with Crippen LogP contribution in [-0.2, 0) is 16.0 Å². The Morgan fingerprint density at radius 2 is 1.74 bits per heavy atom. The topological polar surface area (TPSA) is 52.7 Å². The van der Waals surface area contributed by atoms with Gasteiger partial charge in [0, 0.05) is 41.4 Å². The first-order valence-corrected chi connectivity index (χ1v) is 9.98. The van der Waals surface area contributed by atoms with E-state index in [0.717, 1.165) is 28.8 Å². The van der Waals surface area contributed by atoms with Crippen LogP contribution in [0.2, 0.25) is 5.02 Å². The molecule has 1 heterocycles. The minimum atomic E-state index is -0.150. The summed E-state index contributed by atoms with van der Waals surface area (Å²) in [4.78, 5) is 28.4. The first-order valence-electron chi connectivity index (χ1n) is 8.81. The molecule has 7 heteroatoms. The number of carbonyl (C=O) groups is 2. The minimum absolute atomic E-state index is 0.0343. The molecule has 5 nitrogen and oxygen atoms in total. The zero-order valence-corrected chi connectivity index (χ0v) is 17.2. The molecule has 1 saturated heterocycles. The highest BCUT2D eigenvalue weighted by Gasteiger charge is 2.21. The van der Waals surface area contributed by atoms with Crippen LogP contribution < -0.4 is 10.2 Å². The first kappa shape index (κ1) is 19.7. The maximum atomic E-state index is 12.4. The van der Waals surface area contributed by atoms with E-state index in [2.05, 4.69) is 26.1 Å². The number of nitrogens with zero attached hydrogens (tertiary/aromatic N) is 2. The summed E-state index contributed by atoms with van der Waals surface area (Å²) in [5, 5.41) is 3.43. The van der Waals surface area contributed by atoms with Gasteiger partial charge in [-0.25, -0.2) is 0 Å². The van der Waals surface area contributed by atoms with Crippen molar-refractivity contribution < 1.29 is 9.59 Å². The molecule has 1 aliphatic rings. The highest BCUT2D eigenvalue weighted by molar-refractivity contribution is 9.10. The zero-order valence-electron chi connectivity index (χ0n) is 14.8. The average molecular weight is 451 g/mol. The summed E-state index contributed by atoms with van der Waals surface area (Å²) in [6.45, 7) is 2.80. The molecule has 27 heavy (non-hydrogen) atoms. The Kier molecular flexibility index (Phi) is 6.74. The quantitative estimate of drug-likeness (QED) is 0.761. The molecule has 1 fully saturated rings. The fraction of sp³-hybridized carbons (Fsp3) is 0.300. The molecular formula is C20H21BrClN3O2. The number of hydrogen-bond donors (Lipinski definition) is 1. The number of benzene rings is 2. The summed E-state index contributed by atoms with van der Waals surface area (Å²) >= 11 is 9.41. The second-order valence-corrected chi connectivity index (χ2v) is 7.78. The summed E-state index contributed by atoms with van der Waals surface area (Å²) in [5.41, 5.74) is 1.98. The molecule has 0 aliphatic carbocycles. The third kappa shape index (κ3) is 5.71. The monoisotopic (exact) mass is 449 g/mol. The van der Waals surface area contributed by atoms with Crippen LogP contribution in [0.15, 0.2) is 53.0 Å². The second kappa shape index (κ2) is 9.24. The molecule has 0 unspecified atom stereocenters. The predicted octanol–water partition coefficient (Wildman–Crippen LogP) is 3.11. The van der Waals surface area contributed by atoms with Crippen LogP contribution in [0.1, 0.15) is 5.56 Å². The van der Waals surface area contributed by atoms with Gasteiger partial charge in [0.1, 0.15) is 0 Å². The number of carbonyl (C=O) groups excluding carboxylic acids is 2. The molecule has 0 bridgehead atoms. The van der Waals surface area contributed by atoms with Crippen molar-refractivity contribution in [3.63, 3.8) is 0 Å². The number of amides is 2. The van der Waals surface area contributed by atoms with Crippen molar-refractivity contribution in [2.24, 2.45) is 0 Å². The van der Waals surface area contributed by atoms with Gasteiger partial charge in [-0.1, -0.05) is 45.7 Å². The van der Waals surface area contributed by atoms with Crippen molar-refractivity contribution in [3.05, 3.63) is 63.6 Å². The lowest BCUT2D eigenvalue weighted by Crippen LogP contribution is -2.51. The SMILES string of the molecule is O=C(Cc1ccc(Br)cc1)NCC(=O)N1CCN(c2cccc(Cl)c2)CC1. The fourth-order valence-corrected chi connectivity index (χ4v) is 3.47. The molecule has 0 radical (unpaired) electrons. The third-order valence-electron chi connectivity index (χ3n) is 4.52. The van der Waals surface area contributed by atoms with Crippen LogP contribution in [0, 0.1) is 0 Å². The van der Waals surface area contributed by atoms with Crippen LogP contribution in [0.5, 0.6) is 0 Å². The van der Waals surface area contributed by atoms with E-state index >= 15 is 0 Å². The van der Waals surface area contributed by atoms with E-state index in [1.165, 1.54) is 0 Å². The maximum Gasteiger partial charge on any atom is 0.242 e. The van der Waals surface area contributed by atoms with E-state index < -0.39 is 0 Å². The minimum Gasteiger partial charge on any atom is -0.368 e. The van der Waals surface area contributed by atoms with Crippen molar-refractivity contribution in [2.45, 2.75) is 6.42 Å². The van der Waals surface area contributed by atoms with Crippen LogP contribution in [0.4, 0.5) is 5.69 Å². The molecule has 2 aromatic carbocycles. The Hall–Kier alpha value is -2.05. The standard InChI is InChI=1S/C20H21BrClN3O2/c21-16-6-4-15(5-7-16)12-19(26)23-14-20(27)25-10-8-24(9-11-25)18-3-1-2-17(22)13-18/h1-7,13H,8-12,14H2,(H,23,26). The normalized spacial score (nSPS) is 14.1. The Morgan fingerprint density at radius 3 is 2.41 bits per heavy atom. The van der Waals surface area contributed by atoms with E-state index in [-0.39, 0.29) is 24.8 Å². The van der Waals surface area contributed by atoms with Crippen LogP contribution in [0.3, 0.4) is 0 Å². The summed E-state index contributed by atoms with van der Waals surface area (Å²) in [7, 11) is 0. The highest BCUT2D eigenvalue weighted by atomic mass is 79.9. The van der Waals surface area contributed by atoms with Gasteiger partial charge < -0.3 is 15.1 Å². The predicted molar refractivity (Wildman–Crippen MR) is 111 cm³/mol. The molecule has 3 rings (SSSR count). The van der Waals surface area contributed by atoms with Gasteiger partial charge in [-0.2, -0.15) is 0 Å². The van der Waals surface area contributed by atoms with Gasteiger partial charge in [0.2, 0.25) is 11.8 Å². The van der Waals surface area contributed by atoms with Crippen LogP contribution in [0.25, 0.3) is 0 Å². The van der Waals surface area contributed by atoms with Gasteiger partial charge in [-0.05, 0) is 35.9 Å². The van der Waals surface area contributed by atoms with Gasteiger partial charge >= 0.3 is 0 Å². The molecule has 142 valence electrons. The van der Waals surface area contributed by atoms with Gasteiger partial charge in [0.05, 0.1) is 13.0 Å². The van der Waals surface area contributed by atoms with Gasteiger partial charge in [0.15, 0.2) is 0 Å². The Bertz CT molecular complexity index is 805. The van der Waals surface area contributed by atoms with E-state index in [4.69, 9.17) is 11.6 Å². The van der Waals surface area contributed by atoms with Crippen molar-refractivity contribution in [3.8, 4) is 0 Å². The van der Waals surface area contributed by atoms with Crippen molar-refractivity contribution >= 4 is 45.0 Å². The second-order valence-electron chi connectivity index (χ2n) is 6.43. The van der Waals surface area contributed by atoms with Crippen LogP contribution >= 0.6 is 27.5 Å². The Balaban J connectivity index is 1.42. The van der Waals surface area contributed by atoms with Gasteiger partial charge in [0.25, 0.3) is 0 Å². The summed E-state index contributed by atoms with van der Waals surface area (Å²) in [5.74, 6) is -0.201. The molecule has 1 aliphatic heterocycles. The third-order valence-corrected chi connectivity index (χ3v) is 5.28. The largest absolute Gasteiger partial charge is 0.368 e. The molecule has 0 spiro atoms. The smallest absolute Gasteiger partial charge is 0.242 e. The molecular weight excluding hydrogens is 430 g/mol. The van der Waals surface area contributed by atoms with Crippen molar-refractivity contribution in [1.29, 1.82) is 0 Å². The van der Waals surface area contributed by atoms with Gasteiger partial charge in [-0.3, -0.25) is 9.59 Å². The first-order chi connectivity index (χ1) is 13.0. The number of halogens is 2. The molecule has 2 amide bonds. The summed E-state index contributed by atoms with van der Waals surface area (Å²) < 4.78 is 0.971.